The van der Waals surface area contributed by atoms with Gasteiger partial charge in [0.15, 0.2) is 0 Å². The van der Waals surface area contributed by atoms with Crippen LogP contribution in [0.3, 0.4) is 0 Å². The number of carbonyl (C=O) groups is 1. The summed E-state index contributed by atoms with van der Waals surface area (Å²) in [5.41, 5.74) is 0.596. The monoisotopic (exact) mass is 301 g/mol. The fourth-order valence-electron chi connectivity index (χ4n) is 2.08. The van der Waals surface area contributed by atoms with E-state index in [1.54, 1.807) is 18.2 Å². The Morgan fingerprint density at radius 1 is 1.53 bits per heavy atom. The molecule has 4 nitrogen and oxygen atoms in total. The zero-order valence-electron chi connectivity index (χ0n) is 10.7. The van der Waals surface area contributed by atoms with Crippen molar-refractivity contribution in [3.05, 3.63) is 28.2 Å². The summed E-state index contributed by atoms with van der Waals surface area (Å²) in [5, 5.41) is 7.11. The number of nitrogens with one attached hydrogen (secondary N) is 2. The Balaban J connectivity index is 1.93. The molecule has 0 saturated carbocycles. The molecule has 0 unspecified atom stereocenters. The van der Waals surface area contributed by atoms with Gasteiger partial charge in [0.2, 0.25) is 5.91 Å². The first-order chi connectivity index (χ1) is 9.06. The minimum Gasteiger partial charge on any atom is -0.324 e. The summed E-state index contributed by atoms with van der Waals surface area (Å²) in [5.74, 6) is -0.0574. The van der Waals surface area contributed by atoms with Crippen LogP contribution < -0.4 is 10.6 Å². The Labute approximate surface area is 123 Å². The topological polar surface area (TPSA) is 44.4 Å². The van der Waals surface area contributed by atoms with Crippen LogP contribution in [0.2, 0.25) is 10.0 Å². The van der Waals surface area contributed by atoms with Crippen molar-refractivity contribution >= 4 is 34.8 Å². The molecule has 1 amide bonds. The van der Waals surface area contributed by atoms with Gasteiger partial charge in [-0.3, -0.25) is 9.69 Å². The molecule has 19 heavy (non-hydrogen) atoms. The second-order valence-corrected chi connectivity index (χ2v) is 5.54. The summed E-state index contributed by atoms with van der Waals surface area (Å²) >= 11 is 11.8. The van der Waals surface area contributed by atoms with E-state index < -0.39 is 0 Å². The zero-order chi connectivity index (χ0) is 13.8. The van der Waals surface area contributed by atoms with Crippen molar-refractivity contribution in [3.63, 3.8) is 0 Å². The molecule has 1 aliphatic heterocycles. The maximum absolute atomic E-state index is 12.0. The molecule has 0 bridgehead atoms. The van der Waals surface area contributed by atoms with Gasteiger partial charge in [-0.05, 0) is 25.1 Å². The molecule has 1 aromatic carbocycles. The number of piperazine rings is 1. The number of nitrogens with zero attached hydrogens (tertiary/aromatic N) is 1. The standard InChI is InChI=1S/C13H17Cl2N3O/c1-9-7-16-4-5-18(9)8-13(19)17-12-3-2-10(14)6-11(12)15/h2-3,6,9,16H,4-5,7-8H2,1H3,(H,17,19)/t9-/m0/s1. The molecule has 1 aromatic rings. The van der Waals surface area contributed by atoms with Gasteiger partial charge in [-0.25, -0.2) is 0 Å². The molecule has 1 heterocycles. The highest BCUT2D eigenvalue weighted by Crippen LogP contribution is 2.25. The number of carbonyl (C=O) groups excluding carboxylic acids is 1. The molecular formula is C13H17Cl2N3O. The van der Waals surface area contributed by atoms with Crippen molar-refractivity contribution in [3.8, 4) is 0 Å². The summed E-state index contributed by atoms with van der Waals surface area (Å²) in [6.45, 7) is 5.19. The van der Waals surface area contributed by atoms with Gasteiger partial charge in [-0.15, -0.1) is 0 Å². The summed E-state index contributed by atoms with van der Waals surface area (Å²) in [6, 6.07) is 5.40. The van der Waals surface area contributed by atoms with Gasteiger partial charge in [0.05, 0.1) is 17.3 Å². The third-order valence-corrected chi connectivity index (χ3v) is 3.74. The Morgan fingerprint density at radius 3 is 3.00 bits per heavy atom. The molecule has 104 valence electrons. The van der Waals surface area contributed by atoms with E-state index in [-0.39, 0.29) is 5.91 Å². The largest absolute Gasteiger partial charge is 0.324 e. The van der Waals surface area contributed by atoms with Crippen molar-refractivity contribution in [2.45, 2.75) is 13.0 Å². The second kappa shape index (κ2) is 6.57. The zero-order valence-corrected chi connectivity index (χ0v) is 12.3. The highest BCUT2D eigenvalue weighted by molar-refractivity contribution is 6.36. The van der Waals surface area contributed by atoms with Crippen molar-refractivity contribution in [2.75, 3.05) is 31.5 Å². The lowest BCUT2D eigenvalue weighted by molar-refractivity contribution is -0.118. The first-order valence-corrected chi connectivity index (χ1v) is 7.01. The Morgan fingerprint density at radius 2 is 2.32 bits per heavy atom. The maximum atomic E-state index is 12.0. The smallest absolute Gasteiger partial charge is 0.238 e. The molecule has 1 aliphatic rings. The predicted molar refractivity (Wildman–Crippen MR) is 79.0 cm³/mol. The third kappa shape index (κ3) is 4.08. The average Bonchev–Trinajstić information content (AvgIpc) is 2.36. The van der Waals surface area contributed by atoms with E-state index >= 15 is 0 Å². The summed E-state index contributed by atoms with van der Waals surface area (Å²) in [7, 11) is 0. The highest BCUT2D eigenvalue weighted by Gasteiger charge is 2.20. The predicted octanol–water partition coefficient (Wildman–Crippen LogP) is 2.23. The minimum absolute atomic E-state index is 0.0574. The lowest BCUT2D eigenvalue weighted by Crippen LogP contribution is -2.51. The lowest BCUT2D eigenvalue weighted by atomic mass is 10.2. The van der Waals surface area contributed by atoms with Crippen LogP contribution in [0.5, 0.6) is 0 Å². The van der Waals surface area contributed by atoms with Gasteiger partial charge in [-0.2, -0.15) is 0 Å². The van der Waals surface area contributed by atoms with Gasteiger partial charge in [0, 0.05) is 30.7 Å². The minimum atomic E-state index is -0.0574. The van der Waals surface area contributed by atoms with Crippen LogP contribution in [0.15, 0.2) is 18.2 Å². The summed E-state index contributed by atoms with van der Waals surface area (Å²) in [6.07, 6.45) is 0. The molecule has 1 fully saturated rings. The number of hydrogen-bond acceptors (Lipinski definition) is 3. The van der Waals surface area contributed by atoms with E-state index in [0.29, 0.717) is 28.3 Å². The van der Waals surface area contributed by atoms with Crippen molar-refractivity contribution in [1.82, 2.24) is 10.2 Å². The molecule has 1 saturated heterocycles. The van der Waals surface area contributed by atoms with E-state index in [1.165, 1.54) is 0 Å². The van der Waals surface area contributed by atoms with Crippen LogP contribution in [0.4, 0.5) is 5.69 Å². The van der Waals surface area contributed by atoms with Crippen LogP contribution in [0, 0.1) is 0 Å². The molecule has 1 atom stereocenters. The second-order valence-electron chi connectivity index (χ2n) is 4.70. The van der Waals surface area contributed by atoms with Crippen LogP contribution >= 0.6 is 23.2 Å². The molecule has 0 radical (unpaired) electrons. The maximum Gasteiger partial charge on any atom is 0.238 e. The number of rotatable bonds is 3. The van der Waals surface area contributed by atoms with Crippen LogP contribution in [-0.2, 0) is 4.79 Å². The molecule has 6 heteroatoms. The number of anilines is 1. The van der Waals surface area contributed by atoms with Gasteiger partial charge in [-0.1, -0.05) is 23.2 Å². The highest BCUT2D eigenvalue weighted by atomic mass is 35.5. The molecular weight excluding hydrogens is 285 g/mol. The SMILES string of the molecule is C[C@H]1CNCCN1CC(=O)Nc1ccc(Cl)cc1Cl. The van der Waals surface area contributed by atoms with Gasteiger partial charge >= 0.3 is 0 Å². The normalized spacial score (nSPS) is 20.3. The van der Waals surface area contributed by atoms with Crippen LogP contribution in [0.1, 0.15) is 6.92 Å². The number of halogens is 2. The molecule has 0 aliphatic carbocycles. The molecule has 0 spiro atoms. The molecule has 2 N–H and O–H groups in total. The van der Waals surface area contributed by atoms with E-state index in [1.807, 2.05) is 0 Å². The fraction of sp³-hybridized carbons (Fsp3) is 0.462. The van der Waals surface area contributed by atoms with Gasteiger partial charge in [0.1, 0.15) is 0 Å². The Hall–Kier alpha value is -0.810. The van der Waals surface area contributed by atoms with Crippen molar-refractivity contribution in [1.29, 1.82) is 0 Å². The fourth-order valence-corrected chi connectivity index (χ4v) is 2.54. The van der Waals surface area contributed by atoms with Crippen molar-refractivity contribution < 1.29 is 4.79 Å². The molecule has 0 aromatic heterocycles. The van der Waals surface area contributed by atoms with Gasteiger partial charge < -0.3 is 10.6 Å². The number of amides is 1. The van der Waals surface area contributed by atoms with E-state index in [2.05, 4.69) is 22.5 Å². The number of hydrogen-bond donors (Lipinski definition) is 2. The third-order valence-electron chi connectivity index (χ3n) is 3.19. The summed E-state index contributed by atoms with van der Waals surface area (Å²) in [4.78, 5) is 14.1. The average molecular weight is 302 g/mol. The summed E-state index contributed by atoms with van der Waals surface area (Å²) < 4.78 is 0. The van der Waals surface area contributed by atoms with Crippen molar-refractivity contribution in [2.24, 2.45) is 0 Å². The number of benzene rings is 1. The first-order valence-electron chi connectivity index (χ1n) is 6.26. The molecule has 2 rings (SSSR count). The first kappa shape index (κ1) is 14.6. The Bertz CT molecular complexity index is 467. The van der Waals surface area contributed by atoms with E-state index in [0.717, 1.165) is 19.6 Å². The van der Waals surface area contributed by atoms with E-state index in [4.69, 9.17) is 23.2 Å². The van der Waals surface area contributed by atoms with Crippen LogP contribution in [-0.4, -0.2) is 43.0 Å². The van der Waals surface area contributed by atoms with E-state index in [9.17, 15) is 4.79 Å². The van der Waals surface area contributed by atoms with Gasteiger partial charge in [0.25, 0.3) is 0 Å². The lowest BCUT2D eigenvalue weighted by Gasteiger charge is -2.33. The Kier molecular flexibility index (Phi) is 5.05. The van der Waals surface area contributed by atoms with Crippen LogP contribution in [0.25, 0.3) is 0 Å². The quantitative estimate of drug-likeness (QED) is 0.900.